The van der Waals surface area contributed by atoms with E-state index in [1.54, 1.807) is 17.1 Å². The minimum atomic E-state index is -1.16. The lowest BCUT2D eigenvalue weighted by Crippen LogP contribution is -2.63. The number of amides is 1. The third kappa shape index (κ3) is 4.71. The number of rotatable bonds is 7. The maximum absolute atomic E-state index is 13.1. The zero-order chi connectivity index (χ0) is 25.3. The van der Waals surface area contributed by atoms with E-state index in [0.717, 1.165) is 17.7 Å². The summed E-state index contributed by atoms with van der Waals surface area (Å²) in [6, 6.07) is 9.72. The van der Waals surface area contributed by atoms with Crippen molar-refractivity contribution in [3.05, 3.63) is 54.1 Å². The molecule has 2 fully saturated rings. The van der Waals surface area contributed by atoms with Crippen LogP contribution in [-0.2, 0) is 4.79 Å². The van der Waals surface area contributed by atoms with Crippen LogP contribution in [0.5, 0.6) is 0 Å². The van der Waals surface area contributed by atoms with E-state index in [1.165, 1.54) is 0 Å². The highest BCUT2D eigenvalue weighted by atomic mass is 16.2. The standard InChI is InChI=1S/C24H29N11O/c1-15-9-19(30-20-10-16(2)32-33-20)31-23(28-15)34-13-24(12-25,14-34)22(36)29-17(3)18-5-6-21(26-11-18)35-8-4-7-27-35/h4-9,11,16-17,20,32-33H,10,13-14H2,1-3H3,(H,29,36)(H,28,30,31)/t16?,17-,20?/m0/s1. The molecule has 12 nitrogen and oxygen atoms in total. The highest BCUT2D eigenvalue weighted by Crippen LogP contribution is 2.34. The second kappa shape index (κ2) is 9.52. The van der Waals surface area contributed by atoms with Crippen LogP contribution in [0.3, 0.4) is 0 Å². The summed E-state index contributed by atoms with van der Waals surface area (Å²) in [6.07, 6.45) is 6.18. The van der Waals surface area contributed by atoms with E-state index in [4.69, 9.17) is 0 Å². The minimum Gasteiger partial charge on any atom is -0.353 e. The Hall–Kier alpha value is -4.08. The van der Waals surface area contributed by atoms with E-state index < -0.39 is 5.41 Å². The first kappa shape index (κ1) is 23.7. The fourth-order valence-corrected chi connectivity index (χ4v) is 4.38. The number of carbonyl (C=O) groups excluding carboxylic acids is 1. The van der Waals surface area contributed by atoms with Crippen LogP contribution in [0.25, 0.3) is 5.82 Å². The summed E-state index contributed by atoms with van der Waals surface area (Å²) in [7, 11) is 0. The Balaban J connectivity index is 1.22. The van der Waals surface area contributed by atoms with Gasteiger partial charge in [-0.2, -0.15) is 15.3 Å². The molecular weight excluding hydrogens is 458 g/mol. The van der Waals surface area contributed by atoms with E-state index in [1.807, 2.05) is 49.2 Å². The molecule has 3 aromatic rings. The summed E-state index contributed by atoms with van der Waals surface area (Å²) in [5.41, 5.74) is 6.85. The summed E-state index contributed by atoms with van der Waals surface area (Å²) < 4.78 is 1.66. The summed E-state index contributed by atoms with van der Waals surface area (Å²) in [5, 5.41) is 20.4. The fourth-order valence-electron chi connectivity index (χ4n) is 4.38. The number of aromatic nitrogens is 5. The number of anilines is 2. The second-order valence-electron chi connectivity index (χ2n) is 9.46. The molecule has 2 unspecified atom stereocenters. The van der Waals surface area contributed by atoms with Gasteiger partial charge in [-0.1, -0.05) is 6.07 Å². The molecule has 4 N–H and O–H groups in total. The molecule has 0 radical (unpaired) electrons. The zero-order valence-corrected chi connectivity index (χ0v) is 20.4. The summed E-state index contributed by atoms with van der Waals surface area (Å²) >= 11 is 0. The van der Waals surface area contributed by atoms with Crippen LogP contribution in [0, 0.1) is 23.7 Å². The Kier molecular flexibility index (Phi) is 6.26. The molecule has 0 spiro atoms. The molecule has 186 valence electrons. The summed E-state index contributed by atoms with van der Waals surface area (Å²) in [6.45, 7) is 6.32. The van der Waals surface area contributed by atoms with Gasteiger partial charge in [-0.25, -0.2) is 20.1 Å². The maximum Gasteiger partial charge on any atom is 0.244 e. The lowest BCUT2D eigenvalue weighted by Gasteiger charge is -2.44. The molecule has 1 amide bonds. The van der Waals surface area contributed by atoms with Crippen molar-refractivity contribution in [1.82, 2.24) is 40.9 Å². The van der Waals surface area contributed by atoms with Crippen molar-refractivity contribution in [3.8, 4) is 11.9 Å². The van der Waals surface area contributed by atoms with Crippen molar-refractivity contribution in [2.45, 2.75) is 45.4 Å². The van der Waals surface area contributed by atoms with Crippen LogP contribution >= 0.6 is 0 Å². The number of aryl methyl sites for hydroxylation is 1. The zero-order valence-electron chi connectivity index (χ0n) is 20.4. The van der Waals surface area contributed by atoms with Crippen LogP contribution in [0.2, 0.25) is 0 Å². The van der Waals surface area contributed by atoms with Crippen molar-refractivity contribution in [2.75, 3.05) is 23.3 Å². The number of nitriles is 1. The van der Waals surface area contributed by atoms with Gasteiger partial charge in [0.2, 0.25) is 11.9 Å². The fraction of sp³-hybridized carbons (Fsp3) is 0.417. The van der Waals surface area contributed by atoms with Crippen LogP contribution in [0.15, 0.2) is 42.9 Å². The lowest BCUT2D eigenvalue weighted by molar-refractivity contribution is -0.130. The van der Waals surface area contributed by atoms with E-state index in [9.17, 15) is 10.1 Å². The quantitative estimate of drug-likeness (QED) is 0.383. The number of hydrogen-bond donors (Lipinski definition) is 4. The molecule has 36 heavy (non-hydrogen) atoms. The number of nitrogens with one attached hydrogen (secondary N) is 4. The number of nitrogens with zero attached hydrogens (tertiary/aromatic N) is 7. The molecule has 2 aliphatic heterocycles. The molecule has 0 saturated carbocycles. The average molecular weight is 488 g/mol. The van der Waals surface area contributed by atoms with Crippen LogP contribution < -0.4 is 26.4 Å². The average Bonchev–Trinajstić information content (AvgIpc) is 3.51. The van der Waals surface area contributed by atoms with Gasteiger partial charge in [-0.15, -0.1) is 0 Å². The number of pyridine rings is 1. The number of hydrogen-bond acceptors (Lipinski definition) is 10. The van der Waals surface area contributed by atoms with Crippen molar-refractivity contribution >= 4 is 17.7 Å². The van der Waals surface area contributed by atoms with E-state index in [2.05, 4.69) is 54.5 Å². The first-order valence-electron chi connectivity index (χ1n) is 11.9. The van der Waals surface area contributed by atoms with Gasteiger partial charge >= 0.3 is 0 Å². The molecule has 12 heteroatoms. The van der Waals surface area contributed by atoms with Crippen LogP contribution in [-0.4, -0.2) is 55.9 Å². The minimum absolute atomic E-state index is 0.0621. The number of carbonyl (C=O) groups is 1. The largest absolute Gasteiger partial charge is 0.353 e. The van der Waals surface area contributed by atoms with Crippen molar-refractivity contribution in [1.29, 1.82) is 5.26 Å². The Morgan fingerprint density at radius 3 is 2.78 bits per heavy atom. The summed E-state index contributed by atoms with van der Waals surface area (Å²) in [4.78, 5) is 28.5. The van der Waals surface area contributed by atoms with Gasteiger partial charge in [-0.05, 0) is 44.9 Å². The molecule has 2 aliphatic rings. The molecule has 0 aromatic carbocycles. The lowest BCUT2D eigenvalue weighted by atomic mass is 9.80. The van der Waals surface area contributed by atoms with Gasteiger partial charge in [0.05, 0.1) is 31.4 Å². The Bertz CT molecular complexity index is 1260. The Labute approximate surface area is 209 Å². The van der Waals surface area contributed by atoms with Crippen molar-refractivity contribution in [3.63, 3.8) is 0 Å². The van der Waals surface area contributed by atoms with Gasteiger partial charge in [0, 0.05) is 36.4 Å². The second-order valence-corrected chi connectivity index (χ2v) is 9.46. The molecule has 2 saturated heterocycles. The molecule has 5 rings (SSSR count). The number of hydrazine groups is 1. The third-order valence-electron chi connectivity index (χ3n) is 6.47. The molecular formula is C24H29N11O. The Morgan fingerprint density at radius 1 is 1.31 bits per heavy atom. The SMILES string of the molecule is Cc1cc(NC2CC(C)NN2)nc(N2CC(C#N)(C(=O)N[C@@H](C)c3ccc(-n4cccn4)nc3)C2)n1. The van der Waals surface area contributed by atoms with Gasteiger partial charge in [0.25, 0.3) is 0 Å². The van der Waals surface area contributed by atoms with E-state index >= 15 is 0 Å². The monoisotopic (exact) mass is 487 g/mol. The predicted molar refractivity (Wildman–Crippen MR) is 133 cm³/mol. The van der Waals surface area contributed by atoms with Crippen molar-refractivity contribution in [2.24, 2.45) is 5.41 Å². The predicted octanol–water partition coefficient (Wildman–Crippen LogP) is 1.20. The first-order chi connectivity index (χ1) is 17.3. The summed E-state index contributed by atoms with van der Waals surface area (Å²) in [5.74, 6) is 1.57. The van der Waals surface area contributed by atoms with Gasteiger partial charge in [0.15, 0.2) is 11.2 Å². The van der Waals surface area contributed by atoms with Crippen molar-refractivity contribution < 1.29 is 4.79 Å². The molecule has 0 aliphatic carbocycles. The van der Waals surface area contributed by atoms with Gasteiger partial charge < -0.3 is 15.5 Å². The topological polar surface area (TPSA) is 149 Å². The highest BCUT2D eigenvalue weighted by Gasteiger charge is 2.51. The van der Waals surface area contributed by atoms with E-state index in [0.29, 0.717) is 23.6 Å². The van der Waals surface area contributed by atoms with Gasteiger partial charge in [-0.3, -0.25) is 10.2 Å². The molecule has 0 bridgehead atoms. The highest BCUT2D eigenvalue weighted by molar-refractivity contribution is 5.89. The van der Waals surface area contributed by atoms with E-state index in [-0.39, 0.29) is 31.2 Å². The molecule has 3 atom stereocenters. The normalized spacial score (nSPS) is 21.3. The Morgan fingerprint density at radius 2 is 2.14 bits per heavy atom. The van der Waals surface area contributed by atoms with Crippen LogP contribution in [0.4, 0.5) is 11.8 Å². The van der Waals surface area contributed by atoms with Crippen LogP contribution in [0.1, 0.15) is 37.6 Å². The molecule has 3 aromatic heterocycles. The smallest absolute Gasteiger partial charge is 0.244 e. The first-order valence-corrected chi connectivity index (χ1v) is 11.9. The van der Waals surface area contributed by atoms with Gasteiger partial charge in [0.1, 0.15) is 5.82 Å². The third-order valence-corrected chi connectivity index (χ3v) is 6.47. The molecule has 5 heterocycles. The maximum atomic E-state index is 13.1.